The predicted molar refractivity (Wildman–Crippen MR) is 68.7 cm³/mol. The first-order valence-electron chi connectivity index (χ1n) is 5.79. The highest BCUT2D eigenvalue weighted by Gasteiger charge is 2.09. The molecule has 0 bridgehead atoms. The van der Waals surface area contributed by atoms with E-state index in [1.807, 2.05) is 38.4 Å². The van der Waals surface area contributed by atoms with Gasteiger partial charge >= 0.3 is 0 Å². The van der Waals surface area contributed by atoms with Gasteiger partial charge in [-0.05, 0) is 37.6 Å². The van der Waals surface area contributed by atoms with Crippen LogP contribution >= 0.6 is 0 Å². The van der Waals surface area contributed by atoms with E-state index >= 15 is 0 Å². The molecule has 0 aliphatic rings. The number of aryl methyl sites for hydroxylation is 2. The zero-order chi connectivity index (χ0) is 13.1. The molecule has 2 aromatic rings. The van der Waals surface area contributed by atoms with Gasteiger partial charge in [0.05, 0.1) is 11.3 Å². The van der Waals surface area contributed by atoms with E-state index < -0.39 is 0 Å². The second kappa shape index (κ2) is 5.04. The second-order valence-electron chi connectivity index (χ2n) is 4.33. The van der Waals surface area contributed by atoms with E-state index in [4.69, 9.17) is 4.74 Å². The molecular formula is C14H16N2O2. The number of ketones is 1. The number of aromatic nitrogens is 2. The zero-order valence-corrected chi connectivity index (χ0v) is 10.8. The summed E-state index contributed by atoms with van der Waals surface area (Å²) in [5.74, 6) is 0.624. The Bertz CT molecular complexity index is 573. The smallest absolute Gasteiger partial charge is 0.163 e. The Morgan fingerprint density at radius 1 is 1.39 bits per heavy atom. The van der Waals surface area contributed by atoms with Gasteiger partial charge in [-0.1, -0.05) is 6.07 Å². The maximum atomic E-state index is 11.5. The van der Waals surface area contributed by atoms with Crippen LogP contribution in [0, 0.1) is 6.92 Å². The predicted octanol–water partition coefficient (Wildman–Crippen LogP) is 2.51. The zero-order valence-electron chi connectivity index (χ0n) is 10.8. The van der Waals surface area contributed by atoms with E-state index in [1.54, 1.807) is 10.7 Å². The molecule has 0 amide bonds. The summed E-state index contributed by atoms with van der Waals surface area (Å²) >= 11 is 0. The van der Waals surface area contributed by atoms with Gasteiger partial charge in [0.1, 0.15) is 12.4 Å². The number of nitrogens with zero attached hydrogens (tertiary/aromatic N) is 2. The van der Waals surface area contributed by atoms with E-state index in [2.05, 4.69) is 5.10 Å². The van der Waals surface area contributed by atoms with Crippen LogP contribution in [-0.4, -0.2) is 15.6 Å². The first kappa shape index (κ1) is 12.4. The largest absolute Gasteiger partial charge is 0.486 e. The molecule has 1 aromatic heterocycles. The number of ether oxygens (including phenoxy) is 1. The molecule has 0 atom stereocenters. The molecule has 0 spiro atoms. The summed E-state index contributed by atoms with van der Waals surface area (Å²) in [4.78, 5) is 11.5. The summed E-state index contributed by atoms with van der Waals surface area (Å²) in [6.07, 6.45) is 1.86. The van der Waals surface area contributed by atoms with Crippen molar-refractivity contribution in [2.24, 2.45) is 7.05 Å². The molecule has 0 unspecified atom stereocenters. The SMILES string of the molecule is CC(=O)c1ccc(C)cc1OCc1ccn(C)n1. The van der Waals surface area contributed by atoms with Crippen LogP contribution in [0.15, 0.2) is 30.5 Å². The van der Waals surface area contributed by atoms with Crippen LogP contribution < -0.4 is 4.74 Å². The lowest BCUT2D eigenvalue weighted by atomic mass is 10.1. The average molecular weight is 244 g/mol. The van der Waals surface area contributed by atoms with Crippen LogP contribution in [0.2, 0.25) is 0 Å². The van der Waals surface area contributed by atoms with Crippen molar-refractivity contribution >= 4 is 5.78 Å². The summed E-state index contributed by atoms with van der Waals surface area (Å²) < 4.78 is 7.41. The van der Waals surface area contributed by atoms with E-state index in [-0.39, 0.29) is 5.78 Å². The number of benzene rings is 1. The maximum absolute atomic E-state index is 11.5. The highest BCUT2D eigenvalue weighted by molar-refractivity contribution is 5.96. The van der Waals surface area contributed by atoms with Gasteiger partial charge in [0, 0.05) is 13.2 Å². The van der Waals surface area contributed by atoms with E-state index in [0.717, 1.165) is 11.3 Å². The Balaban J connectivity index is 2.17. The monoisotopic (exact) mass is 244 g/mol. The van der Waals surface area contributed by atoms with Gasteiger partial charge in [-0.3, -0.25) is 9.48 Å². The molecule has 1 heterocycles. The van der Waals surface area contributed by atoms with Crippen LogP contribution in [0.4, 0.5) is 0 Å². The fourth-order valence-electron chi connectivity index (χ4n) is 1.73. The van der Waals surface area contributed by atoms with Crippen LogP contribution in [0.25, 0.3) is 0 Å². The third-order valence-electron chi connectivity index (χ3n) is 2.66. The minimum absolute atomic E-state index is 0.00557. The van der Waals surface area contributed by atoms with Crippen molar-refractivity contribution in [1.29, 1.82) is 0 Å². The standard InChI is InChI=1S/C14H16N2O2/c1-10-4-5-13(11(2)17)14(8-10)18-9-12-6-7-16(3)15-12/h4-8H,9H2,1-3H3. The Labute approximate surface area is 106 Å². The fourth-order valence-corrected chi connectivity index (χ4v) is 1.73. The molecule has 0 saturated heterocycles. The first-order chi connectivity index (χ1) is 8.56. The minimum Gasteiger partial charge on any atom is -0.486 e. The lowest BCUT2D eigenvalue weighted by molar-refractivity contribution is 0.101. The van der Waals surface area contributed by atoms with Crippen molar-refractivity contribution in [3.8, 4) is 5.75 Å². The molecule has 0 N–H and O–H groups in total. The molecule has 1 aromatic carbocycles. The second-order valence-corrected chi connectivity index (χ2v) is 4.33. The summed E-state index contributed by atoms with van der Waals surface area (Å²) in [6.45, 7) is 3.88. The summed E-state index contributed by atoms with van der Waals surface area (Å²) in [5.41, 5.74) is 2.51. The Morgan fingerprint density at radius 2 is 2.17 bits per heavy atom. The summed E-state index contributed by atoms with van der Waals surface area (Å²) in [7, 11) is 1.86. The van der Waals surface area contributed by atoms with Crippen molar-refractivity contribution < 1.29 is 9.53 Å². The van der Waals surface area contributed by atoms with Crippen LogP contribution in [0.5, 0.6) is 5.75 Å². The van der Waals surface area contributed by atoms with Crippen molar-refractivity contribution in [2.45, 2.75) is 20.5 Å². The molecule has 18 heavy (non-hydrogen) atoms. The minimum atomic E-state index is 0.00557. The molecule has 0 fully saturated rings. The summed E-state index contributed by atoms with van der Waals surface area (Å²) in [5, 5.41) is 4.23. The van der Waals surface area contributed by atoms with Crippen molar-refractivity contribution in [2.75, 3.05) is 0 Å². The molecule has 0 saturated carbocycles. The third kappa shape index (κ3) is 2.77. The lowest BCUT2D eigenvalue weighted by Crippen LogP contribution is -2.03. The number of hydrogen-bond acceptors (Lipinski definition) is 3. The number of hydrogen-bond donors (Lipinski definition) is 0. The van der Waals surface area contributed by atoms with Crippen molar-refractivity contribution in [3.63, 3.8) is 0 Å². The normalized spacial score (nSPS) is 10.4. The Morgan fingerprint density at radius 3 is 2.78 bits per heavy atom. The molecule has 4 nitrogen and oxygen atoms in total. The Kier molecular flexibility index (Phi) is 3.46. The van der Waals surface area contributed by atoms with Gasteiger partial charge in [0.25, 0.3) is 0 Å². The number of carbonyl (C=O) groups is 1. The van der Waals surface area contributed by atoms with Gasteiger partial charge in [-0.25, -0.2) is 0 Å². The molecule has 4 heteroatoms. The molecule has 0 radical (unpaired) electrons. The van der Waals surface area contributed by atoms with Gasteiger partial charge < -0.3 is 4.74 Å². The van der Waals surface area contributed by atoms with Crippen LogP contribution in [0.1, 0.15) is 28.5 Å². The molecule has 2 rings (SSSR count). The van der Waals surface area contributed by atoms with E-state index in [1.165, 1.54) is 6.92 Å². The first-order valence-corrected chi connectivity index (χ1v) is 5.79. The molecule has 94 valence electrons. The number of carbonyl (C=O) groups excluding carboxylic acids is 1. The van der Waals surface area contributed by atoms with Gasteiger partial charge in [0.2, 0.25) is 0 Å². The van der Waals surface area contributed by atoms with Crippen LogP contribution in [0.3, 0.4) is 0 Å². The maximum Gasteiger partial charge on any atom is 0.163 e. The highest BCUT2D eigenvalue weighted by atomic mass is 16.5. The summed E-state index contributed by atoms with van der Waals surface area (Å²) in [6, 6.07) is 7.47. The van der Waals surface area contributed by atoms with Crippen molar-refractivity contribution in [1.82, 2.24) is 9.78 Å². The third-order valence-corrected chi connectivity index (χ3v) is 2.66. The molecule has 0 aliphatic carbocycles. The quantitative estimate of drug-likeness (QED) is 0.776. The van der Waals surface area contributed by atoms with E-state index in [0.29, 0.717) is 17.9 Å². The van der Waals surface area contributed by atoms with Crippen molar-refractivity contribution in [3.05, 3.63) is 47.3 Å². The van der Waals surface area contributed by atoms with Gasteiger partial charge in [-0.2, -0.15) is 5.10 Å². The fraction of sp³-hybridized carbons (Fsp3) is 0.286. The molecule has 0 aliphatic heterocycles. The van der Waals surface area contributed by atoms with E-state index in [9.17, 15) is 4.79 Å². The molecular weight excluding hydrogens is 228 g/mol. The number of Topliss-reactive ketones (excluding diaryl/α,β-unsaturated/α-hetero) is 1. The lowest BCUT2D eigenvalue weighted by Gasteiger charge is -2.09. The highest BCUT2D eigenvalue weighted by Crippen LogP contribution is 2.21. The average Bonchev–Trinajstić information content (AvgIpc) is 2.72. The topological polar surface area (TPSA) is 44.1 Å². The van der Waals surface area contributed by atoms with Gasteiger partial charge in [0.15, 0.2) is 5.78 Å². The number of rotatable bonds is 4. The van der Waals surface area contributed by atoms with Gasteiger partial charge in [-0.15, -0.1) is 0 Å². The Hall–Kier alpha value is -2.10. The van der Waals surface area contributed by atoms with Crippen LogP contribution in [-0.2, 0) is 13.7 Å².